The third kappa shape index (κ3) is 9.70. The van der Waals surface area contributed by atoms with E-state index in [1.54, 1.807) is 0 Å². The highest BCUT2D eigenvalue weighted by atomic mass is 16.5. The van der Waals surface area contributed by atoms with Crippen LogP contribution < -0.4 is 5.32 Å². The molecule has 0 spiro atoms. The van der Waals surface area contributed by atoms with Crippen LogP contribution in [0.1, 0.15) is 65.5 Å². The summed E-state index contributed by atoms with van der Waals surface area (Å²) in [5.41, 5.74) is 1.28. The van der Waals surface area contributed by atoms with E-state index in [0.717, 1.165) is 44.8 Å². The van der Waals surface area contributed by atoms with Crippen LogP contribution in [0.5, 0.6) is 0 Å². The van der Waals surface area contributed by atoms with Gasteiger partial charge in [-0.2, -0.15) is 0 Å². The van der Waals surface area contributed by atoms with Gasteiger partial charge in [0.2, 0.25) is 11.8 Å². The summed E-state index contributed by atoms with van der Waals surface area (Å²) in [5, 5.41) is 3.02. The molecular formula is C26H43N3O3. The number of hydrogen-bond acceptors (Lipinski definition) is 4. The predicted octanol–water partition coefficient (Wildman–Crippen LogP) is 3.88. The Bertz CT molecular complexity index is 696. The van der Waals surface area contributed by atoms with Crippen molar-refractivity contribution in [3.8, 4) is 0 Å². The highest BCUT2D eigenvalue weighted by molar-refractivity contribution is 5.79. The number of rotatable bonds is 11. The number of amides is 2. The zero-order valence-electron chi connectivity index (χ0n) is 20.7. The summed E-state index contributed by atoms with van der Waals surface area (Å²) < 4.78 is 5.36. The van der Waals surface area contributed by atoms with Crippen LogP contribution in [0.4, 0.5) is 0 Å². The van der Waals surface area contributed by atoms with Gasteiger partial charge in [0, 0.05) is 45.6 Å². The van der Waals surface area contributed by atoms with Crippen LogP contribution in [-0.4, -0.2) is 67.6 Å². The van der Waals surface area contributed by atoms with Crippen molar-refractivity contribution in [1.82, 2.24) is 15.1 Å². The lowest BCUT2D eigenvalue weighted by molar-refractivity contribution is -0.135. The van der Waals surface area contributed by atoms with Crippen molar-refractivity contribution in [3.05, 3.63) is 35.9 Å². The second-order valence-corrected chi connectivity index (χ2v) is 10.3. The first-order chi connectivity index (χ1) is 15.2. The first-order valence-corrected chi connectivity index (χ1v) is 12.1. The molecule has 2 atom stereocenters. The number of carbonyl (C=O) groups is 2. The Hall–Kier alpha value is -1.92. The molecular weight excluding hydrogens is 402 g/mol. The monoisotopic (exact) mass is 445 g/mol. The van der Waals surface area contributed by atoms with E-state index in [4.69, 9.17) is 4.74 Å². The normalized spacial score (nSPS) is 16.9. The van der Waals surface area contributed by atoms with Gasteiger partial charge in [-0.05, 0) is 30.2 Å². The fourth-order valence-corrected chi connectivity index (χ4v) is 4.47. The number of nitrogens with zero attached hydrogens (tertiary/aromatic N) is 2. The van der Waals surface area contributed by atoms with Crippen LogP contribution in [0.3, 0.4) is 0 Å². The molecule has 1 heterocycles. The quantitative estimate of drug-likeness (QED) is 0.562. The zero-order valence-corrected chi connectivity index (χ0v) is 20.7. The largest absolute Gasteiger partial charge is 0.379 e. The van der Waals surface area contributed by atoms with Gasteiger partial charge >= 0.3 is 0 Å². The van der Waals surface area contributed by atoms with E-state index in [1.165, 1.54) is 0 Å². The molecule has 2 unspecified atom stereocenters. The Labute approximate surface area is 194 Å². The van der Waals surface area contributed by atoms with Crippen molar-refractivity contribution in [2.75, 3.05) is 45.9 Å². The van der Waals surface area contributed by atoms with Gasteiger partial charge in [0.15, 0.2) is 0 Å². The molecule has 2 amide bonds. The summed E-state index contributed by atoms with van der Waals surface area (Å²) in [6, 6.07) is 10.0. The van der Waals surface area contributed by atoms with E-state index in [2.05, 4.69) is 44.8 Å². The van der Waals surface area contributed by atoms with Gasteiger partial charge in [0.25, 0.3) is 0 Å². The molecule has 0 radical (unpaired) electrons. The second-order valence-electron chi connectivity index (χ2n) is 10.3. The molecule has 32 heavy (non-hydrogen) atoms. The van der Waals surface area contributed by atoms with Crippen molar-refractivity contribution in [3.63, 3.8) is 0 Å². The van der Waals surface area contributed by atoms with Crippen LogP contribution in [0.15, 0.2) is 30.3 Å². The van der Waals surface area contributed by atoms with Gasteiger partial charge in [-0.3, -0.25) is 14.5 Å². The minimum atomic E-state index is -0.0633. The summed E-state index contributed by atoms with van der Waals surface area (Å²) in [5.74, 6) is 0.425. The maximum absolute atomic E-state index is 13.3. The molecule has 1 aromatic rings. The summed E-state index contributed by atoms with van der Waals surface area (Å²) >= 11 is 0. The van der Waals surface area contributed by atoms with Crippen molar-refractivity contribution in [2.45, 2.75) is 59.9 Å². The maximum atomic E-state index is 13.3. The molecule has 1 N–H and O–H groups in total. The third-order valence-corrected chi connectivity index (χ3v) is 5.99. The minimum absolute atomic E-state index is 0.000869. The lowest BCUT2D eigenvalue weighted by Gasteiger charge is -2.32. The Balaban J connectivity index is 1.91. The number of benzene rings is 1. The topological polar surface area (TPSA) is 61.9 Å². The van der Waals surface area contributed by atoms with Crippen molar-refractivity contribution in [1.29, 1.82) is 0 Å². The molecule has 6 nitrogen and oxygen atoms in total. The molecule has 0 saturated carbocycles. The number of carbonyl (C=O) groups excluding carboxylic acids is 2. The first kappa shape index (κ1) is 26.3. The lowest BCUT2D eigenvalue weighted by atomic mass is 9.84. The highest BCUT2D eigenvalue weighted by Crippen LogP contribution is 2.28. The van der Waals surface area contributed by atoms with Crippen LogP contribution in [-0.2, 0) is 14.3 Å². The van der Waals surface area contributed by atoms with Gasteiger partial charge < -0.3 is 15.0 Å². The molecule has 1 saturated heterocycles. The van der Waals surface area contributed by atoms with Crippen molar-refractivity contribution in [2.24, 2.45) is 11.3 Å². The average Bonchev–Trinajstić information content (AvgIpc) is 2.73. The van der Waals surface area contributed by atoms with Gasteiger partial charge in [-0.25, -0.2) is 0 Å². The smallest absolute Gasteiger partial charge is 0.223 e. The molecule has 2 rings (SSSR count). The molecule has 0 aliphatic carbocycles. The summed E-state index contributed by atoms with van der Waals surface area (Å²) in [4.78, 5) is 29.9. The molecule has 0 bridgehead atoms. The van der Waals surface area contributed by atoms with Gasteiger partial charge in [-0.15, -0.1) is 0 Å². The van der Waals surface area contributed by atoms with E-state index in [0.29, 0.717) is 31.8 Å². The van der Waals surface area contributed by atoms with Crippen LogP contribution in [0.25, 0.3) is 0 Å². The Kier molecular flexibility index (Phi) is 10.7. The van der Waals surface area contributed by atoms with Crippen molar-refractivity contribution >= 4 is 11.8 Å². The summed E-state index contributed by atoms with van der Waals surface area (Å²) in [6.45, 7) is 16.1. The summed E-state index contributed by atoms with van der Waals surface area (Å²) in [7, 11) is 0. The fourth-order valence-electron chi connectivity index (χ4n) is 4.47. The number of ether oxygens (including phenoxy) is 1. The molecule has 180 valence electrons. The molecule has 1 aliphatic heterocycles. The SMILES string of the molecule is CC(CC(=O)N(CCC(=O)NCCN1CCOCC1)C(C)c1ccccc1)CC(C)(C)C. The maximum Gasteiger partial charge on any atom is 0.223 e. The Morgan fingerprint density at radius 1 is 1.12 bits per heavy atom. The van der Waals surface area contributed by atoms with E-state index < -0.39 is 0 Å². The Morgan fingerprint density at radius 2 is 1.78 bits per heavy atom. The van der Waals surface area contributed by atoms with E-state index in [-0.39, 0.29) is 23.3 Å². The molecule has 0 aromatic heterocycles. The minimum Gasteiger partial charge on any atom is -0.379 e. The summed E-state index contributed by atoms with van der Waals surface area (Å²) in [6.07, 6.45) is 1.82. The predicted molar refractivity (Wildman–Crippen MR) is 129 cm³/mol. The number of nitrogens with one attached hydrogen (secondary N) is 1. The second kappa shape index (κ2) is 12.9. The highest BCUT2D eigenvalue weighted by Gasteiger charge is 2.25. The van der Waals surface area contributed by atoms with E-state index >= 15 is 0 Å². The molecule has 1 aliphatic rings. The molecule has 1 fully saturated rings. The van der Waals surface area contributed by atoms with E-state index in [1.807, 2.05) is 35.2 Å². The van der Waals surface area contributed by atoms with E-state index in [9.17, 15) is 9.59 Å². The molecule has 1 aromatic carbocycles. The number of hydrogen-bond donors (Lipinski definition) is 1. The Morgan fingerprint density at radius 3 is 2.41 bits per heavy atom. The fraction of sp³-hybridized carbons (Fsp3) is 0.692. The van der Waals surface area contributed by atoms with Crippen LogP contribution in [0.2, 0.25) is 0 Å². The standard InChI is InChI=1S/C26H43N3O3/c1-21(20-26(3,4)5)19-25(31)29(22(2)23-9-7-6-8-10-23)13-11-24(30)27-12-14-28-15-17-32-18-16-28/h6-10,21-22H,11-20H2,1-5H3,(H,27,30). The van der Waals surface area contributed by atoms with Crippen molar-refractivity contribution < 1.29 is 14.3 Å². The first-order valence-electron chi connectivity index (χ1n) is 12.1. The average molecular weight is 446 g/mol. The third-order valence-electron chi connectivity index (χ3n) is 5.99. The van der Waals surface area contributed by atoms with Gasteiger partial charge in [0.1, 0.15) is 0 Å². The number of morpholine rings is 1. The van der Waals surface area contributed by atoms with Crippen LogP contribution >= 0.6 is 0 Å². The van der Waals surface area contributed by atoms with Crippen LogP contribution in [0, 0.1) is 11.3 Å². The van der Waals surface area contributed by atoms with Gasteiger partial charge in [-0.1, -0.05) is 58.0 Å². The lowest BCUT2D eigenvalue weighted by Crippen LogP contribution is -2.42. The zero-order chi connectivity index (χ0) is 23.6. The molecule has 6 heteroatoms. The van der Waals surface area contributed by atoms with Gasteiger partial charge in [0.05, 0.1) is 19.3 Å².